The third-order valence-corrected chi connectivity index (χ3v) is 8.69. The SMILES string of the molecule is CC[C@H](C)[C@@H]1C(=O)N[C@H](C2Cc3ccccc3C2)C(=O)N1C(Cc1cnc(C)cc1C)C(=O)Nc1ccccc1O. The highest BCUT2D eigenvalue weighted by molar-refractivity contribution is 6.03. The zero-order valence-electron chi connectivity index (χ0n) is 24.1. The minimum atomic E-state index is -0.998. The molecule has 1 aromatic heterocycles. The fraction of sp³-hybridized carbons (Fsp3) is 0.394. The molecule has 2 aromatic carbocycles. The number of fused-ring (bicyclic) bond motifs is 1. The van der Waals surface area contributed by atoms with E-state index in [1.54, 1.807) is 24.4 Å². The van der Waals surface area contributed by atoms with Crippen LogP contribution in [0.1, 0.15) is 48.2 Å². The Hall–Kier alpha value is -4.20. The van der Waals surface area contributed by atoms with Crippen LogP contribution in [-0.2, 0) is 33.6 Å². The number of aromatic nitrogens is 1. The van der Waals surface area contributed by atoms with E-state index >= 15 is 0 Å². The molecule has 214 valence electrons. The summed E-state index contributed by atoms with van der Waals surface area (Å²) in [5, 5.41) is 16.3. The molecule has 1 unspecified atom stereocenters. The highest BCUT2D eigenvalue weighted by Gasteiger charge is 2.50. The van der Waals surface area contributed by atoms with Gasteiger partial charge in [-0.2, -0.15) is 0 Å². The number of benzene rings is 2. The number of carbonyl (C=O) groups is 3. The number of pyridine rings is 1. The van der Waals surface area contributed by atoms with E-state index in [-0.39, 0.29) is 41.5 Å². The highest BCUT2D eigenvalue weighted by atomic mass is 16.3. The Morgan fingerprint density at radius 3 is 2.39 bits per heavy atom. The molecule has 3 aromatic rings. The summed E-state index contributed by atoms with van der Waals surface area (Å²) < 4.78 is 0. The molecule has 0 bridgehead atoms. The molecule has 3 amide bonds. The molecule has 1 aliphatic heterocycles. The van der Waals surface area contributed by atoms with Crippen molar-refractivity contribution in [2.45, 2.75) is 71.5 Å². The smallest absolute Gasteiger partial charge is 0.247 e. The number of para-hydroxylation sites is 2. The number of nitrogens with zero attached hydrogens (tertiary/aromatic N) is 2. The van der Waals surface area contributed by atoms with Gasteiger partial charge in [-0.05, 0) is 79.0 Å². The van der Waals surface area contributed by atoms with Crippen molar-refractivity contribution in [3.05, 3.63) is 88.7 Å². The zero-order chi connectivity index (χ0) is 29.3. The van der Waals surface area contributed by atoms with Gasteiger partial charge in [-0.3, -0.25) is 19.4 Å². The fourth-order valence-corrected chi connectivity index (χ4v) is 6.24. The summed E-state index contributed by atoms with van der Waals surface area (Å²) in [5.41, 5.74) is 5.25. The third-order valence-electron chi connectivity index (χ3n) is 8.69. The average Bonchev–Trinajstić information content (AvgIpc) is 3.39. The number of carbonyl (C=O) groups excluding carboxylic acids is 3. The van der Waals surface area contributed by atoms with E-state index in [2.05, 4.69) is 27.8 Å². The molecule has 8 heteroatoms. The molecular weight excluding hydrogens is 516 g/mol. The van der Waals surface area contributed by atoms with E-state index < -0.39 is 24.0 Å². The number of anilines is 1. The summed E-state index contributed by atoms with van der Waals surface area (Å²) in [6.45, 7) is 7.77. The largest absolute Gasteiger partial charge is 0.506 e. The maximum atomic E-state index is 14.5. The van der Waals surface area contributed by atoms with Crippen molar-refractivity contribution < 1.29 is 19.5 Å². The lowest BCUT2D eigenvalue weighted by Gasteiger charge is -2.46. The first-order valence-corrected chi connectivity index (χ1v) is 14.4. The lowest BCUT2D eigenvalue weighted by Crippen LogP contribution is -2.70. The second kappa shape index (κ2) is 11.7. The Balaban J connectivity index is 1.55. The van der Waals surface area contributed by atoms with Gasteiger partial charge in [-0.15, -0.1) is 0 Å². The van der Waals surface area contributed by atoms with Gasteiger partial charge in [0.15, 0.2) is 0 Å². The Bertz CT molecular complexity index is 1450. The van der Waals surface area contributed by atoms with Crippen LogP contribution in [-0.4, -0.2) is 50.8 Å². The molecule has 1 saturated heterocycles. The normalized spacial score (nSPS) is 20.3. The van der Waals surface area contributed by atoms with Crippen LogP contribution in [0, 0.1) is 25.7 Å². The second-order valence-electron chi connectivity index (χ2n) is 11.5. The first-order valence-electron chi connectivity index (χ1n) is 14.4. The van der Waals surface area contributed by atoms with Crippen LogP contribution in [0.15, 0.2) is 60.8 Å². The Labute approximate surface area is 241 Å². The van der Waals surface area contributed by atoms with E-state index in [1.807, 2.05) is 45.9 Å². The van der Waals surface area contributed by atoms with Crippen molar-refractivity contribution in [1.29, 1.82) is 0 Å². The van der Waals surface area contributed by atoms with Gasteiger partial charge in [-0.25, -0.2) is 0 Å². The van der Waals surface area contributed by atoms with Gasteiger partial charge in [0.25, 0.3) is 0 Å². The Morgan fingerprint density at radius 1 is 1.10 bits per heavy atom. The number of aromatic hydroxyl groups is 1. The van der Waals surface area contributed by atoms with Crippen molar-refractivity contribution in [2.24, 2.45) is 11.8 Å². The number of aryl methyl sites for hydroxylation is 2. The minimum Gasteiger partial charge on any atom is -0.506 e. The van der Waals surface area contributed by atoms with Crippen LogP contribution in [0.25, 0.3) is 0 Å². The molecule has 0 saturated carbocycles. The van der Waals surface area contributed by atoms with Gasteiger partial charge in [-0.1, -0.05) is 56.7 Å². The molecule has 1 aliphatic carbocycles. The summed E-state index contributed by atoms with van der Waals surface area (Å²) in [6.07, 6.45) is 3.94. The third kappa shape index (κ3) is 5.69. The number of piperazine rings is 1. The standard InChI is InChI=1S/C33H38N4O4/c1-5-19(2)30-32(40)36-29(24-15-22-10-6-7-11-23(22)16-24)33(41)37(30)27(17-25-18-34-21(4)14-20(25)3)31(39)35-26-12-8-9-13-28(26)38/h6-14,18-19,24,27,29-30,38H,5,15-17H2,1-4H3,(H,35,39)(H,36,40)/t19-,27?,29+,30+/m0/s1. The molecule has 5 rings (SSSR count). The number of amides is 3. The summed E-state index contributed by atoms with van der Waals surface area (Å²) in [6, 6.07) is 14.0. The Kier molecular flexibility index (Phi) is 8.10. The van der Waals surface area contributed by atoms with Crippen molar-refractivity contribution in [3.8, 4) is 5.75 Å². The van der Waals surface area contributed by atoms with Gasteiger partial charge in [0.1, 0.15) is 23.9 Å². The number of hydrogen-bond donors (Lipinski definition) is 3. The molecule has 1 fully saturated rings. The molecular formula is C33H38N4O4. The average molecular weight is 555 g/mol. The molecule has 41 heavy (non-hydrogen) atoms. The van der Waals surface area contributed by atoms with E-state index in [1.165, 1.54) is 22.1 Å². The van der Waals surface area contributed by atoms with Gasteiger partial charge >= 0.3 is 0 Å². The molecule has 2 heterocycles. The molecule has 8 nitrogen and oxygen atoms in total. The lowest BCUT2D eigenvalue weighted by molar-refractivity contribution is -0.158. The first kappa shape index (κ1) is 28.3. The van der Waals surface area contributed by atoms with Crippen molar-refractivity contribution in [2.75, 3.05) is 5.32 Å². The van der Waals surface area contributed by atoms with Crippen LogP contribution < -0.4 is 10.6 Å². The first-order chi connectivity index (χ1) is 19.7. The second-order valence-corrected chi connectivity index (χ2v) is 11.5. The molecule has 3 N–H and O–H groups in total. The molecule has 0 spiro atoms. The predicted octanol–water partition coefficient (Wildman–Crippen LogP) is 4.11. The van der Waals surface area contributed by atoms with Crippen molar-refractivity contribution in [1.82, 2.24) is 15.2 Å². The van der Waals surface area contributed by atoms with Crippen molar-refractivity contribution >= 4 is 23.4 Å². The molecule has 2 aliphatic rings. The quantitative estimate of drug-likeness (QED) is 0.363. The monoisotopic (exact) mass is 554 g/mol. The number of phenols is 1. The number of phenolic OH excluding ortho intramolecular Hbond substituents is 1. The van der Waals surface area contributed by atoms with Crippen LogP contribution in [0.3, 0.4) is 0 Å². The van der Waals surface area contributed by atoms with E-state index in [4.69, 9.17) is 0 Å². The Morgan fingerprint density at radius 2 is 1.76 bits per heavy atom. The maximum Gasteiger partial charge on any atom is 0.247 e. The van der Waals surface area contributed by atoms with Crippen LogP contribution in [0.4, 0.5) is 5.69 Å². The van der Waals surface area contributed by atoms with Gasteiger partial charge in [0.2, 0.25) is 17.7 Å². The fourth-order valence-electron chi connectivity index (χ4n) is 6.24. The number of nitrogens with one attached hydrogen (secondary N) is 2. The lowest BCUT2D eigenvalue weighted by atomic mass is 9.86. The topological polar surface area (TPSA) is 112 Å². The van der Waals surface area contributed by atoms with Gasteiger partial charge < -0.3 is 20.6 Å². The summed E-state index contributed by atoms with van der Waals surface area (Å²) in [4.78, 5) is 48.4. The van der Waals surface area contributed by atoms with E-state index in [0.717, 1.165) is 16.8 Å². The maximum absolute atomic E-state index is 14.5. The zero-order valence-corrected chi connectivity index (χ0v) is 24.1. The number of hydrogen-bond acceptors (Lipinski definition) is 5. The summed E-state index contributed by atoms with van der Waals surface area (Å²) >= 11 is 0. The van der Waals surface area contributed by atoms with Crippen molar-refractivity contribution in [3.63, 3.8) is 0 Å². The van der Waals surface area contributed by atoms with E-state index in [0.29, 0.717) is 19.3 Å². The van der Waals surface area contributed by atoms with Crippen LogP contribution in [0.2, 0.25) is 0 Å². The summed E-state index contributed by atoms with van der Waals surface area (Å²) in [5.74, 6) is -1.30. The minimum absolute atomic E-state index is 0.0735. The van der Waals surface area contributed by atoms with E-state index in [9.17, 15) is 19.5 Å². The van der Waals surface area contributed by atoms with Crippen LogP contribution >= 0.6 is 0 Å². The molecule has 0 radical (unpaired) electrons. The number of rotatable bonds is 8. The molecule has 4 atom stereocenters. The van der Waals surface area contributed by atoms with Gasteiger partial charge in [0, 0.05) is 18.3 Å². The predicted molar refractivity (Wildman–Crippen MR) is 157 cm³/mol. The summed E-state index contributed by atoms with van der Waals surface area (Å²) in [7, 11) is 0. The van der Waals surface area contributed by atoms with Crippen LogP contribution in [0.5, 0.6) is 5.75 Å². The highest BCUT2D eigenvalue weighted by Crippen LogP contribution is 2.34. The van der Waals surface area contributed by atoms with Gasteiger partial charge in [0.05, 0.1) is 5.69 Å².